The number of hydrogen-bond donors (Lipinski definition) is 1. The summed E-state index contributed by atoms with van der Waals surface area (Å²) in [7, 11) is 0. The first-order valence-electron chi connectivity index (χ1n) is 5.62. The highest BCUT2D eigenvalue weighted by molar-refractivity contribution is 9.10. The normalized spacial score (nSPS) is 10.6. The Hall–Kier alpha value is -1.13. The Morgan fingerprint density at radius 2 is 2.17 bits per heavy atom. The molecule has 1 amide bonds. The number of benzene rings is 1. The van der Waals surface area contributed by atoms with Crippen molar-refractivity contribution in [3.05, 3.63) is 34.9 Å². The van der Waals surface area contributed by atoms with E-state index in [1.807, 2.05) is 30.3 Å². The molecular formula is C13H12BrClN2O. The molecule has 1 heterocycles. The highest BCUT2D eigenvalue weighted by Crippen LogP contribution is 2.24. The minimum Gasteiger partial charge on any atom is -0.311 e. The maximum absolute atomic E-state index is 11.6. The number of fused-ring (bicyclic) bond motifs is 1. The maximum atomic E-state index is 11.6. The second kappa shape index (κ2) is 6.16. The minimum absolute atomic E-state index is 0.0645. The molecule has 5 heteroatoms. The Morgan fingerprint density at radius 3 is 2.94 bits per heavy atom. The van der Waals surface area contributed by atoms with E-state index < -0.39 is 0 Å². The maximum Gasteiger partial charge on any atom is 0.225 e. The standard InChI is InChI=1S/C13H12BrClN2O/c14-13-10-5-2-1-4-9(10)8-11(17-13)16-12(18)6-3-7-15/h1-2,4-5,8H,3,6-7H2,(H,16,17,18). The van der Waals surface area contributed by atoms with E-state index in [0.717, 1.165) is 15.4 Å². The number of aromatic nitrogens is 1. The Balaban J connectivity index is 2.21. The van der Waals surface area contributed by atoms with Crippen molar-refractivity contribution in [1.82, 2.24) is 4.98 Å². The van der Waals surface area contributed by atoms with Gasteiger partial charge in [-0.1, -0.05) is 24.3 Å². The number of nitrogens with one attached hydrogen (secondary N) is 1. The minimum atomic E-state index is -0.0645. The molecule has 0 bridgehead atoms. The van der Waals surface area contributed by atoms with E-state index in [-0.39, 0.29) is 5.91 Å². The van der Waals surface area contributed by atoms with E-state index in [2.05, 4.69) is 26.2 Å². The van der Waals surface area contributed by atoms with Crippen LogP contribution in [0.25, 0.3) is 10.8 Å². The van der Waals surface area contributed by atoms with Crippen LogP contribution in [0.1, 0.15) is 12.8 Å². The third-order valence-corrected chi connectivity index (χ3v) is 3.37. The molecule has 0 aliphatic heterocycles. The average molecular weight is 328 g/mol. The highest BCUT2D eigenvalue weighted by Gasteiger charge is 2.06. The molecule has 0 radical (unpaired) electrons. The molecule has 1 N–H and O–H groups in total. The van der Waals surface area contributed by atoms with Gasteiger partial charge >= 0.3 is 0 Å². The summed E-state index contributed by atoms with van der Waals surface area (Å²) in [6.45, 7) is 0. The van der Waals surface area contributed by atoms with Gasteiger partial charge in [0.2, 0.25) is 5.91 Å². The van der Waals surface area contributed by atoms with Crippen molar-refractivity contribution in [1.29, 1.82) is 0 Å². The van der Waals surface area contributed by atoms with Crippen LogP contribution in [-0.2, 0) is 4.79 Å². The number of carbonyl (C=O) groups is 1. The summed E-state index contributed by atoms with van der Waals surface area (Å²) in [5, 5.41) is 4.83. The van der Waals surface area contributed by atoms with Gasteiger partial charge in [0.25, 0.3) is 0 Å². The molecule has 0 saturated heterocycles. The molecule has 1 aromatic carbocycles. The van der Waals surface area contributed by atoms with Crippen molar-refractivity contribution < 1.29 is 4.79 Å². The summed E-state index contributed by atoms with van der Waals surface area (Å²) >= 11 is 8.96. The summed E-state index contributed by atoms with van der Waals surface area (Å²) in [4.78, 5) is 15.9. The van der Waals surface area contributed by atoms with Gasteiger partial charge in [-0.05, 0) is 33.8 Å². The number of nitrogens with zero attached hydrogens (tertiary/aromatic N) is 1. The van der Waals surface area contributed by atoms with Crippen molar-refractivity contribution in [3.63, 3.8) is 0 Å². The molecule has 18 heavy (non-hydrogen) atoms. The fourth-order valence-corrected chi connectivity index (χ4v) is 2.34. The summed E-state index contributed by atoms with van der Waals surface area (Å²) in [5.74, 6) is 0.980. The van der Waals surface area contributed by atoms with Crippen molar-refractivity contribution in [2.75, 3.05) is 11.2 Å². The summed E-state index contributed by atoms with van der Waals surface area (Å²) in [6, 6.07) is 9.72. The number of amides is 1. The average Bonchev–Trinajstić information content (AvgIpc) is 2.36. The largest absolute Gasteiger partial charge is 0.311 e. The van der Waals surface area contributed by atoms with Gasteiger partial charge in [0.1, 0.15) is 10.4 Å². The lowest BCUT2D eigenvalue weighted by molar-refractivity contribution is -0.116. The van der Waals surface area contributed by atoms with Crippen LogP contribution in [-0.4, -0.2) is 16.8 Å². The van der Waals surface area contributed by atoms with Gasteiger partial charge < -0.3 is 5.32 Å². The van der Waals surface area contributed by atoms with Crippen molar-refractivity contribution in [3.8, 4) is 0 Å². The third kappa shape index (κ3) is 3.21. The van der Waals surface area contributed by atoms with Crippen molar-refractivity contribution in [2.24, 2.45) is 0 Å². The molecule has 3 nitrogen and oxygen atoms in total. The fourth-order valence-electron chi connectivity index (χ4n) is 1.65. The van der Waals surface area contributed by atoms with Crippen molar-refractivity contribution >= 4 is 50.0 Å². The molecular weight excluding hydrogens is 316 g/mol. The van der Waals surface area contributed by atoms with Crippen LogP contribution in [0.2, 0.25) is 0 Å². The van der Waals surface area contributed by atoms with Crippen molar-refractivity contribution in [2.45, 2.75) is 12.8 Å². The summed E-state index contributed by atoms with van der Waals surface area (Å²) < 4.78 is 0.730. The molecule has 1 aromatic heterocycles. The van der Waals surface area contributed by atoms with Gasteiger partial charge in [0.05, 0.1) is 0 Å². The number of rotatable bonds is 4. The number of anilines is 1. The lowest BCUT2D eigenvalue weighted by Crippen LogP contribution is -2.12. The smallest absolute Gasteiger partial charge is 0.225 e. The van der Waals surface area contributed by atoms with E-state index >= 15 is 0 Å². The molecule has 0 aliphatic rings. The van der Waals surface area contributed by atoms with E-state index in [9.17, 15) is 4.79 Å². The topological polar surface area (TPSA) is 42.0 Å². The SMILES string of the molecule is O=C(CCCCl)Nc1cc2ccccc2c(Br)n1. The van der Waals surface area contributed by atoms with Crippen LogP contribution in [0.5, 0.6) is 0 Å². The Bertz CT molecular complexity index is 574. The molecule has 94 valence electrons. The summed E-state index contributed by atoms with van der Waals surface area (Å²) in [6.07, 6.45) is 1.08. The molecule has 2 rings (SSSR count). The van der Waals surface area contributed by atoms with Crippen LogP contribution in [0.3, 0.4) is 0 Å². The molecule has 0 aliphatic carbocycles. The second-order valence-electron chi connectivity index (χ2n) is 3.86. The van der Waals surface area contributed by atoms with E-state index in [1.165, 1.54) is 0 Å². The number of pyridine rings is 1. The molecule has 0 fully saturated rings. The highest BCUT2D eigenvalue weighted by atomic mass is 79.9. The molecule has 0 unspecified atom stereocenters. The van der Waals surface area contributed by atoms with E-state index in [1.54, 1.807) is 0 Å². The first-order valence-corrected chi connectivity index (χ1v) is 6.94. The van der Waals surface area contributed by atoms with Gasteiger partial charge in [-0.15, -0.1) is 11.6 Å². The van der Waals surface area contributed by atoms with Gasteiger partial charge in [-0.25, -0.2) is 4.98 Å². The van der Waals surface area contributed by atoms with E-state index in [0.29, 0.717) is 24.5 Å². The first-order chi connectivity index (χ1) is 8.70. The Morgan fingerprint density at radius 1 is 1.39 bits per heavy atom. The number of hydrogen-bond acceptors (Lipinski definition) is 2. The fraction of sp³-hybridized carbons (Fsp3) is 0.231. The van der Waals surface area contributed by atoms with Crippen LogP contribution >= 0.6 is 27.5 Å². The third-order valence-electron chi connectivity index (χ3n) is 2.50. The second-order valence-corrected chi connectivity index (χ2v) is 4.99. The molecule has 2 aromatic rings. The predicted octanol–water partition coefficient (Wildman–Crippen LogP) is 3.95. The zero-order chi connectivity index (χ0) is 13.0. The van der Waals surface area contributed by atoms with Crippen LogP contribution < -0.4 is 5.32 Å². The van der Waals surface area contributed by atoms with Crippen LogP contribution in [0, 0.1) is 0 Å². The quantitative estimate of drug-likeness (QED) is 0.682. The Kier molecular flexibility index (Phi) is 4.55. The molecule has 0 atom stereocenters. The molecule has 0 saturated carbocycles. The lowest BCUT2D eigenvalue weighted by atomic mass is 10.2. The van der Waals surface area contributed by atoms with Crippen LogP contribution in [0.15, 0.2) is 34.9 Å². The molecule has 0 spiro atoms. The lowest BCUT2D eigenvalue weighted by Gasteiger charge is -2.06. The monoisotopic (exact) mass is 326 g/mol. The van der Waals surface area contributed by atoms with Gasteiger partial charge in [0, 0.05) is 17.7 Å². The predicted molar refractivity (Wildman–Crippen MR) is 78.0 cm³/mol. The zero-order valence-electron chi connectivity index (χ0n) is 9.62. The van der Waals surface area contributed by atoms with Crippen LogP contribution in [0.4, 0.5) is 5.82 Å². The Labute approximate surface area is 119 Å². The van der Waals surface area contributed by atoms with E-state index in [4.69, 9.17) is 11.6 Å². The zero-order valence-corrected chi connectivity index (χ0v) is 12.0. The van der Waals surface area contributed by atoms with Gasteiger partial charge in [0.15, 0.2) is 0 Å². The number of alkyl halides is 1. The number of carbonyl (C=O) groups excluding carboxylic acids is 1. The van der Waals surface area contributed by atoms with Gasteiger partial charge in [-0.3, -0.25) is 4.79 Å². The number of halogens is 2. The first kappa shape index (κ1) is 13.3. The van der Waals surface area contributed by atoms with Gasteiger partial charge in [-0.2, -0.15) is 0 Å². The summed E-state index contributed by atoms with van der Waals surface area (Å²) in [5.41, 5.74) is 0.